The maximum Gasteiger partial charge on any atom is 0.146 e. The van der Waals surface area contributed by atoms with Gasteiger partial charge >= 0.3 is 0 Å². The summed E-state index contributed by atoms with van der Waals surface area (Å²) in [5, 5.41) is 1.56. The van der Waals surface area contributed by atoms with E-state index in [0.29, 0.717) is 10.9 Å². The minimum Gasteiger partial charge on any atom is -0.205 e. The smallest absolute Gasteiger partial charge is 0.146 e. The minimum absolute atomic E-state index is 0.235. The topological polar surface area (TPSA) is 0 Å². The van der Waals surface area contributed by atoms with Crippen LogP contribution in [0.2, 0.25) is 0 Å². The monoisotopic (exact) mass is 462 g/mol. The van der Waals surface area contributed by atoms with Crippen molar-refractivity contribution in [2.45, 2.75) is 65.2 Å². The molecule has 0 radical (unpaired) electrons. The average molecular weight is 463 g/mol. The predicted molar refractivity (Wildman–Crippen MR) is 147 cm³/mol. The molecule has 0 atom stereocenters. The van der Waals surface area contributed by atoms with Crippen LogP contribution in [0.25, 0.3) is 10.8 Å². The first kappa shape index (κ1) is 24.7. The molecule has 0 aliphatic carbocycles. The Morgan fingerprint density at radius 2 is 1.26 bits per heavy atom. The molecule has 0 nitrogen and oxygen atoms in total. The van der Waals surface area contributed by atoms with E-state index in [0.717, 1.165) is 30.2 Å². The molecule has 0 fully saturated rings. The van der Waals surface area contributed by atoms with Gasteiger partial charge in [-0.15, -0.1) is 0 Å². The minimum atomic E-state index is -0.235. The predicted octanol–water partition coefficient (Wildman–Crippen LogP) is 8.85. The summed E-state index contributed by atoms with van der Waals surface area (Å²) >= 11 is 0. The summed E-state index contributed by atoms with van der Waals surface area (Å²) in [5.41, 5.74) is 6.64. The Morgan fingerprint density at radius 3 is 1.97 bits per heavy atom. The van der Waals surface area contributed by atoms with Gasteiger partial charge in [-0.05, 0) is 77.9 Å². The van der Waals surface area contributed by atoms with Crippen molar-refractivity contribution in [3.8, 4) is 11.8 Å². The van der Waals surface area contributed by atoms with Gasteiger partial charge in [-0.2, -0.15) is 0 Å². The molecule has 1 heteroatoms. The summed E-state index contributed by atoms with van der Waals surface area (Å²) in [6.45, 7) is 4.38. The van der Waals surface area contributed by atoms with Crippen LogP contribution in [0.15, 0.2) is 78.9 Å². The van der Waals surface area contributed by atoms with Crippen molar-refractivity contribution in [2.24, 2.45) is 0 Å². The highest BCUT2D eigenvalue weighted by molar-refractivity contribution is 5.85. The summed E-state index contributed by atoms with van der Waals surface area (Å²) in [6, 6.07) is 27.1. The van der Waals surface area contributed by atoms with E-state index in [1.807, 2.05) is 30.3 Å². The van der Waals surface area contributed by atoms with Gasteiger partial charge in [0, 0.05) is 10.9 Å². The van der Waals surface area contributed by atoms with E-state index >= 15 is 4.39 Å². The maximum absolute atomic E-state index is 15.1. The second-order valence-electron chi connectivity index (χ2n) is 9.41. The largest absolute Gasteiger partial charge is 0.205 e. The van der Waals surface area contributed by atoms with Crippen molar-refractivity contribution in [3.05, 3.63) is 118 Å². The highest BCUT2D eigenvalue weighted by Crippen LogP contribution is 2.23. The molecular formula is C34H35F. The zero-order chi connectivity index (χ0) is 24.5. The number of unbranched alkanes of at least 4 members (excludes halogenated alkanes) is 3. The van der Waals surface area contributed by atoms with Crippen molar-refractivity contribution in [3.63, 3.8) is 0 Å². The number of hydrogen-bond donors (Lipinski definition) is 0. The Balaban J connectivity index is 1.39. The molecule has 0 aliphatic rings. The number of fused-ring (bicyclic) bond motifs is 1. The summed E-state index contributed by atoms with van der Waals surface area (Å²) < 4.78 is 15.1. The third-order valence-corrected chi connectivity index (χ3v) is 6.77. The average Bonchev–Trinajstić information content (AvgIpc) is 2.90. The van der Waals surface area contributed by atoms with E-state index in [1.165, 1.54) is 54.4 Å². The van der Waals surface area contributed by atoms with Crippen LogP contribution in [-0.4, -0.2) is 0 Å². The molecule has 4 aromatic rings. The lowest BCUT2D eigenvalue weighted by Crippen LogP contribution is -1.94. The quantitative estimate of drug-likeness (QED) is 0.172. The number of halogens is 1. The summed E-state index contributed by atoms with van der Waals surface area (Å²) in [5.74, 6) is 5.88. The van der Waals surface area contributed by atoms with Gasteiger partial charge in [-0.3, -0.25) is 0 Å². The van der Waals surface area contributed by atoms with Crippen LogP contribution in [0.3, 0.4) is 0 Å². The lowest BCUT2D eigenvalue weighted by atomic mass is 9.98. The molecule has 0 amide bonds. The van der Waals surface area contributed by atoms with Gasteiger partial charge in [-0.25, -0.2) is 4.39 Å². The third-order valence-electron chi connectivity index (χ3n) is 6.77. The molecule has 0 bridgehead atoms. The Hall–Kier alpha value is -3.37. The first-order valence-electron chi connectivity index (χ1n) is 13.1. The van der Waals surface area contributed by atoms with Crippen LogP contribution >= 0.6 is 0 Å². The normalized spacial score (nSPS) is 10.8. The van der Waals surface area contributed by atoms with Gasteiger partial charge in [0.05, 0.1) is 5.56 Å². The van der Waals surface area contributed by atoms with Gasteiger partial charge in [0.25, 0.3) is 0 Å². The Labute approximate surface area is 210 Å². The molecule has 35 heavy (non-hydrogen) atoms. The fraction of sp³-hybridized carbons (Fsp3) is 0.294. The van der Waals surface area contributed by atoms with Crippen molar-refractivity contribution in [1.29, 1.82) is 0 Å². The van der Waals surface area contributed by atoms with E-state index in [2.05, 4.69) is 68.2 Å². The second kappa shape index (κ2) is 12.4. The molecule has 0 heterocycles. The van der Waals surface area contributed by atoms with Gasteiger partial charge in [0.1, 0.15) is 5.82 Å². The fourth-order valence-corrected chi connectivity index (χ4v) is 4.47. The maximum atomic E-state index is 15.1. The van der Waals surface area contributed by atoms with Gasteiger partial charge in [0.15, 0.2) is 0 Å². The number of hydrogen-bond acceptors (Lipinski definition) is 0. The Kier molecular flexibility index (Phi) is 8.74. The van der Waals surface area contributed by atoms with Crippen molar-refractivity contribution in [1.82, 2.24) is 0 Å². The van der Waals surface area contributed by atoms with E-state index in [-0.39, 0.29) is 5.82 Å². The van der Waals surface area contributed by atoms with Crippen LogP contribution in [0.1, 0.15) is 72.9 Å². The molecule has 0 saturated carbocycles. The number of aryl methyl sites for hydroxylation is 4. The van der Waals surface area contributed by atoms with Gasteiger partial charge < -0.3 is 0 Å². The highest BCUT2D eigenvalue weighted by atomic mass is 19.1. The first-order valence-corrected chi connectivity index (χ1v) is 13.1. The number of benzene rings is 4. The van der Waals surface area contributed by atoms with E-state index < -0.39 is 0 Å². The third kappa shape index (κ3) is 6.83. The second-order valence-corrected chi connectivity index (χ2v) is 9.41. The van der Waals surface area contributed by atoms with E-state index in [1.54, 1.807) is 6.07 Å². The van der Waals surface area contributed by atoms with Crippen molar-refractivity contribution < 1.29 is 4.39 Å². The zero-order valence-electron chi connectivity index (χ0n) is 21.0. The van der Waals surface area contributed by atoms with Crippen LogP contribution < -0.4 is 0 Å². The molecule has 0 saturated heterocycles. The van der Waals surface area contributed by atoms with Crippen LogP contribution in [0.5, 0.6) is 0 Å². The molecule has 0 aliphatic heterocycles. The molecular weight excluding hydrogens is 427 g/mol. The fourth-order valence-electron chi connectivity index (χ4n) is 4.47. The SMILES string of the molecule is CCCCCCc1ccc(CCc2ccc3c(F)c(C#Cc4ccc(CC)cc4)ccc3c2)cc1. The lowest BCUT2D eigenvalue weighted by molar-refractivity contribution is 0.636. The van der Waals surface area contributed by atoms with Crippen molar-refractivity contribution in [2.75, 3.05) is 0 Å². The van der Waals surface area contributed by atoms with Crippen LogP contribution in [-0.2, 0) is 25.7 Å². The van der Waals surface area contributed by atoms with E-state index in [4.69, 9.17) is 0 Å². The highest BCUT2D eigenvalue weighted by Gasteiger charge is 2.07. The molecule has 0 spiro atoms. The van der Waals surface area contributed by atoms with Crippen molar-refractivity contribution >= 4 is 10.8 Å². The zero-order valence-corrected chi connectivity index (χ0v) is 21.0. The van der Waals surface area contributed by atoms with Crippen LogP contribution in [0.4, 0.5) is 4.39 Å². The molecule has 178 valence electrons. The Morgan fingerprint density at radius 1 is 0.600 bits per heavy atom. The molecule has 4 aromatic carbocycles. The lowest BCUT2D eigenvalue weighted by Gasteiger charge is -2.07. The van der Waals surface area contributed by atoms with Gasteiger partial charge in [-0.1, -0.05) is 106 Å². The van der Waals surface area contributed by atoms with Crippen LogP contribution in [0, 0.1) is 17.7 Å². The molecule has 0 unspecified atom stereocenters. The van der Waals surface area contributed by atoms with Gasteiger partial charge in [0.2, 0.25) is 0 Å². The molecule has 0 aromatic heterocycles. The number of rotatable bonds is 9. The standard InChI is InChI=1S/C34H35F/c1-3-5-6-7-8-27-13-15-28(16-14-27)17-18-30-20-24-33-32(25-30)23-22-31(34(33)35)21-19-29-11-9-26(4-2)10-12-29/h9-16,20,22-25H,3-8,17-18H2,1-2H3. The molecule has 4 rings (SSSR count). The first-order chi connectivity index (χ1) is 17.2. The molecule has 0 N–H and O–H groups in total. The summed E-state index contributed by atoms with van der Waals surface area (Å²) in [7, 11) is 0. The Bertz CT molecular complexity index is 1300. The summed E-state index contributed by atoms with van der Waals surface area (Å²) in [6.07, 6.45) is 9.32. The summed E-state index contributed by atoms with van der Waals surface area (Å²) in [4.78, 5) is 0. The van der Waals surface area contributed by atoms with E-state index in [9.17, 15) is 0 Å².